The Morgan fingerprint density at radius 3 is 2.23 bits per heavy atom. The molecule has 1 N–H and O–H groups in total. The number of carbonyl (C=O) groups is 3. The third-order valence-corrected chi connectivity index (χ3v) is 5.07. The highest BCUT2D eigenvalue weighted by Crippen LogP contribution is 2.17. The van der Waals surface area contributed by atoms with Gasteiger partial charge in [-0.25, -0.2) is 0 Å². The summed E-state index contributed by atoms with van der Waals surface area (Å²) in [6, 6.07) is 12.7. The lowest BCUT2D eigenvalue weighted by Gasteiger charge is -2.29. The third-order valence-electron chi connectivity index (χ3n) is 4.48. The molecule has 1 unspecified atom stereocenters. The van der Waals surface area contributed by atoms with Crippen LogP contribution in [0.1, 0.15) is 29.8 Å². The Balaban J connectivity index is 2.26. The van der Waals surface area contributed by atoms with Crippen LogP contribution in [-0.2, 0) is 20.9 Å². The molecule has 0 aliphatic heterocycles. The summed E-state index contributed by atoms with van der Waals surface area (Å²) in [6.45, 7) is 3.54. The molecule has 30 heavy (non-hydrogen) atoms. The van der Waals surface area contributed by atoms with Gasteiger partial charge in [0.1, 0.15) is 12.6 Å². The van der Waals surface area contributed by atoms with Crippen molar-refractivity contribution in [3.63, 3.8) is 0 Å². The second-order valence-electron chi connectivity index (χ2n) is 7.07. The van der Waals surface area contributed by atoms with Crippen LogP contribution in [0.25, 0.3) is 0 Å². The van der Waals surface area contributed by atoms with Crippen LogP contribution in [0.3, 0.4) is 0 Å². The summed E-state index contributed by atoms with van der Waals surface area (Å²) in [5.41, 5.74) is 1.06. The number of ether oxygens (including phenoxy) is 1. The average Bonchev–Trinajstić information content (AvgIpc) is 2.72. The van der Waals surface area contributed by atoms with Gasteiger partial charge in [-0.05, 0) is 35.7 Å². The lowest BCUT2D eigenvalue weighted by Crippen LogP contribution is -2.52. The van der Waals surface area contributed by atoms with Crippen molar-refractivity contribution in [3.05, 3.63) is 69.7 Å². The molecule has 0 aromatic heterocycles. The molecule has 1 atom stereocenters. The Bertz CT molecular complexity index is 900. The lowest BCUT2D eigenvalue weighted by atomic mass is 10.0. The van der Waals surface area contributed by atoms with Crippen LogP contribution in [0.2, 0.25) is 10.0 Å². The zero-order valence-corrected chi connectivity index (χ0v) is 18.5. The van der Waals surface area contributed by atoms with Crippen molar-refractivity contribution in [1.29, 1.82) is 0 Å². The van der Waals surface area contributed by atoms with Crippen LogP contribution < -0.4 is 5.32 Å². The third kappa shape index (κ3) is 6.47. The predicted molar refractivity (Wildman–Crippen MR) is 116 cm³/mol. The monoisotopic (exact) mass is 450 g/mol. The number of esters is 1. The van der Waals surface area contributed by atoms with E-state index in [1.165, 1.54) is 12.0 Å². The zero-order chi connectivity index (χ0) is 22.3. The zero-order valence-electron chi connectivity index (χ0n) is 17.0. The van der Waals surface area contributed by atoms with Gasteiger partial charge in [0.15, 0.2) is 0 Å². The molecule has 0 spiro atoms. The molecule has 160 valence electrons. The maximum absolute atomic E-state index is 13.3. The second kappa shape index (κ2) is 11.0. The first-order valence-corrected chi connectivity index (χ1v) is 10.1. The van der Waals surface area contributed by atoms with Gasteiger partial charge < -0.3 is 15.0 Å². The van der Waals surface area contributed by atoms with Crippen LogP contribution in [0, 0.1) is 5.92 Å². The van der Waals surface area contributed by atoms with Gasteiger partial charge in [-0.2, -0.15) is 0 Å². The molecule has 8 heteroatoms. The minimum absolute atomic E-state index is 0.163. The van der Waals surface area contributed by atoms with Crippen molar-refractivity contribution >= 4 is 41.0 Å². The molecule has 6 nitrogen and oxygen atoms in total. The molecule has 2 amide bonds. The van der Waals surface area contributed by atoms with Gasteiger partial charge in [0.05, 0.1) is 17.7 Å². The Kier molecular flexibility index (Phi) is 8.69. The number of benzene rings is 2. The summed E-state index contributed by atoms with van der Waals surface area (Å²) >= 11 is 12.0. The number of nitrogens with zero attached hydrogens (tertiary/aromatic N) is 1. The number of halogens is 2. The molecule has 2 aromatic rings. The van der Waals surface area contributed by atoms with E-state index in [-0.39, 0.29) is 29.6 Å². The van der Waals surface area contributed by atoms with Crippen molar-refractivity contribution in [2.75, 3.05) is 13.7 Å². The molecule has 0 heterocycles. The standard InChI is InChI=1S/C22H24Cl2N2O4/c1-14(2)20(25-21(28)17-6-4-5-7-18(17)24)22(29)26(13-19(27)30-3)12-15-8-10-16(23)11-9-15/h4-11,14,20H,12-13H2,1-3H3,(H,25,28). The Labute approximate surface area is 186 Å². The maximum atomic E-state index is 13.3. The fraction of sp³-hybridized carbons (Fsp3) is 0.318. The lowest BCUT2D eigenvalue weighted by molar-refractivity contribution is -0.148. The van der Waals surface area contributed by atoms with Crippen molar-refractivity contribution < 1.29 is 19.1 Å². The fourth-order valence-electron chi connectivity index (χ4n) is 2.82. The number of rotatable bonds is 8. The first kappa shape index (κ1) is 23.7. The molecule has 0 aliphatic carbocycles. The molecular weight excluding hydrogens is 427 g/mol. The van der Waals surface area contributed by atoms with Crippen LogP contribution in [0.5, 0.6) is 0 Å². The smallest absolute Gasteiger partial charge is 0.325 e. The summed E-state index contributed by atoms with van der Waals surface area (Å²) in [5, 5.41) is 3.61. The fourth-order valence-corrected chi connectivity index (χ4v) is 3.16. The van der Waals surface area contributed by atoms with E-state index in [9.17, 15) is 14.4 Å². The van der Waals surface area contributed by atoms with E-state index in [4.69, 9.17) is 27.9 Å². The number of hydrogen-bond acceptors (Lipinski definition) is 4. The molecule has 0 bridgehead atoms. The number of hydrogen-bond donors (Lipinski definition) is 1. The SMILES string of the molecule is COC(=O)CN(Cc1ccc(Cl)cc1)C(=O)C(NC(=O)c1ccccc1Cl)C(C)C. The van der Waals surface area contributed by atoms with Crippen LogP contribution >= 0.6 is 23.2 Å². The Morgan fingerprint density at radius 1 is 1.03 bits per heavy atom. The van der Waals surface area contributed by atoms with Gasteiger partial charge in [0.2, 0.25) is 5.91 Å². The van der Waals surface area contributed by atoms with Gasteiger partial charge in [0.25, 0.3) is 5.91 Å². The van der Waals surface area contributed by atoms with Crippen molar-refractivity contribution in [2.24, 2.45) is 5.92 Å². The molecule has 0 saturated carbocycles. The van der Waals surface area contributed by atoms with E-state index in [2.05, 4.69) is 5.32 Å². The Hall–Kier alpha value is -2.57. The highest BCUT2D eigenvalue weighted by Gasteiger charge is 2.30. The second-order valence-corrected chi connectivity index (χ2v) is 7.92. The molecule has 2 aromatic carbocycles. The normalized spacial score (nSPS) is 11.7. The molecule has 0 saturated heterocycles. The van der Waals surface area contributed by atoms with Gasteiger partial charge in [-0.15, -0.1) is 0 Å². The van der Waals surface area contributed by atoms with Crippen molar-refractivity contribution in [1.82, 2.24) is 10.2 Å². The topological polar surface area (TPSA) is 75.7 Å². The summed E-state index contributed by atoms with van der Waals surface area (Å²) in [7, 11) is 1.26. The van der Waals surface area contributed by atoms with E-state index >= 15 is 0 Å². The first-order valence-electron chi connectivity index (χ1n) is 9.38. The highest BCUT2D eigenvalue weighted by atomic mass is 35.5. The number of methoxy groups -OCH3 is 1. The van der Waals surface area contributed by atoms with Crippen molar-refractivity contribution in [3.8, 4) is 0 Å². The van der Waals surface area contributed by atoms with E-state index in [0.717, 1.165) is 5.56 Å². The quantitative estimate of drug-likeness (QED) is 0.617. The Morgan fingerprint density at radius 2 is 1.67 bits per heavy atom. The minimum Gasteiger partial charge on any atom is -0.468 e. The largest absolute Gasteiger partial charge is 0.468 e. The molecule has 0 fully saturated rings. The number of amides is 2. The summed E-state index contributed by atoms with van der Waals surface area (Å²) in [5.74, 6) is -1.64. The molecular formula is C22H24Cl2N2O4. The van der Waals surface area contributed by atoms with E-state index in [0.29, 0.717) is 5.02 Å². The summed E-state index contributed by atoms with van der Waals surface area (Å²) in [4.78, 5) is 39.3. The molecule has 0 aliphatic rings. The highest BCUT2D eigenvalue weighted by molar-refractivity contribution is 6.33. The van der Waals surface area contributed by atoms with Gasteiger partial charge in [-0.1, -0.05) is 61.3 Å². The summed E-state index contributed by atoms with van der Waals surface area (Å²) < 4.78 is 4.74. The van der Waals surface area contributed by atoms with E-state index < -0.39 is 23.8 Å². The average molecular weight is 451 g/mol. The number of nitrogens with one attached hydrogen (secondary N) is 1. The van der Waals surface area contributed by atoms with E-state index in [1.54, 1.807) is 48.5 Å². The number of carbonyl (C=O) groups excluding carboxylic acids is 3. The van der Waals surface area contributed by atoms with E-state index in [1.807, 2.05) is 13.8 Å². The van der Waals surface area contributed by atoms with Gasteiger partial charge >= 0.3 is 5.97 Å². The van der Waals surface area contributed by atoms with Gasteiger partial charge in [-0.3, -0.25) is 14.4 Å². The molecule has 0 radical (unpaired) electrons. The predicted octanol–water partition coefficient (Wildman–Crippen LogP) is 3.95. The summed E-state index contributed by atoms with van der Waals surface area (Å²) in [6.07, 6.45) is 0. The van der Waals surface area contributed by atoms with Crippen LogP contribution in [0.15, 0.2) is 48.5 Å². The maximum Gasteiger partial charge on any atom is 0.325 e. The first-order chi connectivity index (χ1) is 14.2. The van der Waals surface area contributed by atoms with Crippen molar-refractivity contribution in [2.45, 2.75) is 26.4 Å². The van der Waals surface area contributed by atoms with Crippen LogP contribution in [0.4, 0.5) is 0 Å². The minimum atomic E-state index is -0.856. The van der Waals surface area contributed by atoms with Crippen LogP contribution in [-0.4, -0.2) is 42.4 Å². The van der Waals surface area contributed by atoms with Gasteiger partial charge in [0, 0.05) is 11.6 Å². The molecule has 2 rings (SSSR count).